The molecule has 0 amide bonds. The molecule has 1 aliphatic rings. The molecule has 0 fully saturated rings. The molecular formula is C23H16O5. The second kappa shape index (κ2) is 7.04. The number of carboxylic acids is 1. The van der Waals surface area contributed by atoms with E-state index in [4.69, 9.17) is 9.15 Å². The van der Waals surface area contributed by atoms with Gasteiger partial charge in [-0.05, 0) is 37.3 Å². The standard InChI is InChI=1S/C23H16O5/c1-14-6-8-15(9-7-14)21-13-16(23(26)28-21)12-17-10-11-20(27-17)18-4-2-3-5-19(18)22(24)25/h2-13H,1H3,(H,24,25)/b16-12-. The fourth-order valence-corrected chi connectivity index (χ4v) is 2.96. The normalized spacial score (nSPS) is 14.8. The molecule has 0 aliphatic carbocycles. The van der Waals surface area contributed by atoms with Crippen LogP contribution in [0, 0.1) is 6.92 Å². The van der Waals surface area contributed by atoms with Gasteiger partial charge in [0.15, 0.2) is 0 Å². The van der Waals surface area contributed by atoms with E-state index in [-0.39, 0.29) is 5.56 Å². The molecule has 3 aromatic rings. The smallest absolute Gasteiger partial charge is 0.343 e. The van der Waals surface area contributed by atoms with E-state index < -0.39 is 11.9 Å². The number of furan rings is 1. The van der Waals surface area contributed by atoms with Gasteiger partial charge in [-0.3, -0.25) is 0 Å². The first-order valence-electron chi connectivity index (χ1n) is 8.66. The number of carbonyl (C=O) groups excluding carboxylic acids is 1. The lowest BCUT2D eigenvalue weighted by molar-refractivity contribution is -0.130. The van der Waals surface area contributed by atoms with Crippen molar-refractivity contribution in [2.75, 3.05) is 0 Å². The van der Waals surface area contributed by atoms with Crippen LogP contribution in [0.2, 0.25) is 0 Å². The summed E-state index contributed by atoms with van der Waals surface area (Å²) in [5.74, 6) is -0.154. The van der Waals surface area contributed by atoms with E-state index in [1.807, 2.05) is 31.2 Å². The molecule has 0 bridgehead atoms. The van der Waals surface area contributed by atoms with Gasteiger partial charge < -0.3 is 14.3 Å². The van der Waals surface area contributed by atoms with Crippen molar-refractivity contribution in [1.82, 2.24) is 0 Å². The van der Waals surface area contributed by atoms with E-state index in [9.17, 15) is 14.7 Å². The Labute approximate surface area is 161 Å². The molecule has 4 rings (SSSR count). The summed E-state index contributed by atoms with van der Waals surface area (Å²) in [5, 5.41) is 9.33. The molecule has 0 saturated carbocycles. The van der Waals surface area contributed by atoms with Crippen molar-refractivity contribution >= 4 is 23.8 Å². The Morgan fingerprint density at radius 3 is 2.50 bits per heavy atom. The highest BCUT2D eigenvalue weighted by Crippen LogP contribution is 2.30. The SMILES string of the molecule is Cc1ccc(C2=C/C(=C/c3ccc(-c4ccccc4C(=O)O)o3)C(=O)O2)cc1. The lowest BCUT2D eigenvalue weighted by Crippen LogP contribution is -1.98. The van der Waals surface area contributed by atoms with Crippen molar-refractivity contribution in [1.29, 1.82) is 0 Å². The molecule has 0 spiro atoms. The van der Waals surface area contributed by atoms with E-state index in [1.165, 1.54) is 6.07 Å². The zero-order valence-electron chi connectivity index (χ0n) is 15.0. The fourth-order valence-electron chi connectivity index (χ4n) is 2.96. The maximum atomic E-state index is 12.2. The Kier molecular flexibility index (Phi) is 4.41. The topological polar surface area (TPSA) is 76.7 Å². The number of aromatic carboxylic acids is 1. The average molecular weight is 372 g/mol. The summed E-state index contributed by atoms with van der Waals surface area (Å²) in [5.41, 5.74) is 2.93. The van der Waals surface area contributed by atoms with Crippen LogP contribution < -0.4 is 0 Å². The molecule has 1 aliphatic heterocycles. The maximum Gasteiger partial charge on any atom is 0.343 e. The van der Waals surface area contributed by atoms with Gasteiger partial charge >= 0.3 is 11.9 Å². The van der Waals surface area contributed by atoms with Crippen molar-refractivity contribution < 1.29 is 23.8 Å². The summed E-state index contributed by atoms with van der Waals surface area (Å²) in [4.78, 5) is 23.6. The molecule has 1 N–H and O–H groups in total. The summed E-state index contributed by atoms with van der Waals surface area (Å²) in [6.45, 7) is 1.99. The molecule has 2 aromatic carbocycles. The molecule has 5 heteroatoms. The van der Waals surface area contributed by atoms with Gasteiger partial charge in [-0.15, -0.1) is 0 Å². The summed E-state index contributed by atoms with van der Waals surface area (Å²) in [6.07, 6.45) is 3.25. The number of esters is 1. The van der Waals surface area contributed by atoms with Crippen molar-refractivity contribution in [2.45, 2.75) is 6.92 Å². The van der Waals surface area contributed by atoms with Gasteiger partial charge in [0.1, 0.15) is 17.3 Å². The summed E-state index contributed by atoms with van der Waals surface area (Å²) < 4.78 is 11.1. The van der Waals surface area contributed by atoms with Crippen molar-refractivity contribution in [3.8, 4) is 11.3 Å². The van der Waals surface area contributed by atoms with Crippen LogP contribution in [0.15, 0.2) is 76.7 Å². The van der Waals surface area contributed by atoms with E-state index in [2.05, 4.69) is 0 Å². The van der Waals surface area contributed by atoms with Crippen LogP contribution in [0.25, 0.3) is 23.2 Å². The second-order valence-electron chi connectivity index (χ2n) is 6.42. The van der Waals surface area contributed by atoms with Crippen LogP contribution in [0.3, 0.4) is 0 Å². The van der Waals surface area contributed by atoms with E-state index in [1.54, 1.807) is 42.5 Å². The van der Waals surface area contributed by atoms with Gasteiger partial charge in [0.25, 0.3) is 0 Å². The predicted octanol–water partition coefficient (Wildman–Crippen LogP) is 4.93. The number of benzene rings is 2. The highest BCUT2D eigenvalue weighted by molar-refractivity contribution is 6.05. The molecule has 0 saturated heterocycles. The largest absolute Gasteiger partial charge is 0.478 e. The van der Waals surface area contributed by atoms with Gasteiger partial charge in [0, 0.05) is 11.1 Å². The number of ether oxygens (including phenoxy) is 1. The molecule has 1 aromatic heterocycles. The molecule has 2 heterocycles. The number of carboxylic acid groups (broad SMARTS) is 1. The summed E-state index contributed by atoms with van der Waals surface area (Å²) >= 11 is 0. The zero-order valence-corrected chi connectivity index (χ0v) is 15.0. The third-order valence-corrected chi connectivity index (χ3v) is 4.41. The monoisotopic (exact) mass is 372 g/mol. The van der Waals surface area contributed by atoms with Crippen LogP contribution in [-0.4, -0.2) is 17.0 Å². The first kappa shape index (κ1) is 17.5. The minimum absolute atomic E-state index is 0.151. The summed E-state index contributed by atoms with van der Waals surface area (Å²) in [7, 11) is 0. The highest BCUT2D eigenvalue weighted by Gasteiger charge is 2.22. The molecule has 28 heavy (non-hydrogen) atoms. The first-order chi connectivity index (χ1) is 13.5. The van der Waals surface area contributed by atoms with Crippen molar-refractivity contribution in [3.63, 3.8) is 0 Å². The number of aryl methyl sites for hydroxylation is 1. The maximum absolute atomic E-state index is 12.2. The molecule has 0 unspecified atom stereocenters. The average Bonchev–Trinajstić information content (AvgIpc) is 3.30. The third kappa shape index (κ3) is 3.38. The van der Waals surface area contributed by atoms with Gasteiger partial charge in [-0.1, -0.05) is 48.0 Å². The van der Waals surface area contributed by atoms with Gasteiger partial charge in [0.05, 0.1) is 11.1 Å². The van der Waals surface area contributed by atoms with E-state index >= 15 is 0 Å². The van der Waals surface area contributed by atoms with Crippen molar-refractivity contribution in [3.05, 3.63) is 94.8 Å². The number of cyclic esters (lactones) is 1. The van der Waals surface area contributed by atoms with Gasteiger partial charge in [0.2, 0.25) is 0 Å². The molecular weight excluding hydrogens is 356 g/mol. The Balaban J connectivity index is 1.65. The molecule has 0 atom stereocenters. The summed E-state index contributed by atoms with van der Waals surface area (Å²) in [6, 6.07) is 17.6. The minimum Gasteiger partial charge on any atom is -0.478 e. The van der Waals surface area contributed by atoms with Gasteiger partial charge in [-0.2, -0.15) is 0 Å². The van der Waals surface area contributed by atoms with E-state index in [0.717, 1.165) is 11.1 Å². The lowest BCUT2D eigenvalue weighted by atomic mass is 10.1. The van der Waals surface area contributed by atoms with Gasteiger partial charge in [-0.25, -0.2) is 9.59 Å². The Morgan fingerprint density at radius 2 is 1.75 bits per heavy atom. The Morgan fingerprint density at radius 1 is 1.00 bits per heavy atom. The number of rotatable bonds is 4. The predicted molar refractivity (Wildman–Crippen MR) is 104 cm³/mol. The van der Waals surface area contributed by atoms with Crippen LogP contribution >= 0.6 is 0 Å². The lowest BCUT2D eigenvalue weighted by Gasteiger charge is -2.02. The van der Waals surface area contributed by atoms with Crippen LogP contribution in [0.1, 0.15) is 27.2 Å². The molecule has 0 radical (unpaired) electrons. The zero-order chi connectivity index (χ0) is 19.7. The fraction of sp³-hybridized carbons (Fsp3) is 0.0435. The number of carbonyl (C=O) groups is 2. The first-order valence-corrected chi connectivity index (χ1v) is 8.66. The minimum atomic E-state index is -1.03. The van der Waals surface area contributed by atoms with Crippen LogP contribution in [0.5, 0.6) is 0 Å². The quantitative estimate of drug-likeness (QED) is 0.519. The molecule has 5 nitrogen and oxygen atoms in total. The van der Waals surface area contributed by atoms with Crippen LogP contribution in [0.4, 0.5) is 0 Å². The van der Waals surface area contributed by atoms with Crippen LogP contribution in [-0.2, 0) is 9.53 Å². The second-order valence-corrected chi connectivity index (χ2v) is 6.42. The van der Waals surface area contributed by atoms with Crippen molar-refractivity contribution in [2.24, 2.45) is 0 Å². The number of hydrogen-bond donors (Lipinski definition) is 1. The number of hydrogen-bond acceptors (Lipinski definition) is 4. The third-order valence-electron chi connectivity index (χ3n) is 4.41. The van der Waals surface area contributed by atoms with E-state index in [0.29, 0.717) is 28.4 Å². The highest BCUT2D eigenvalue weighted by atomic mass is 16.5. The Hall–Kier alpha value is -3.86. The Bertz CT molecular complexity index is 1130. The molecule has 138 valence electrons.